The first-order chi connectivity index (χ1) is 13.9. The van der Waals surface area contributed by atoms with Crippen molar-refractivity contribution in [3.63, 3.8) is 0 Å². The molecule has 162 valence electrons. The molecule has 0 aromatic heterocycles. The number of carbonyl (C=O) groups is 1. The number of fused-ring (bicyclic) bond motifs is 1. The molecule has 0 radical (unpaired) electrons. The lowest BCUT2D eigenvalue weighted by molar-refractivity contribution is -0.122. The Hall–Kier alpha value is -1.80. The second kappa shape index (κ2) is 9.80. The third kappa shape index (κ3) is 5.63. The van der Waals surface area contributed by atoms with E-state index in [0.717, 1.165) is 24.0 Å². The maximum atomic E-state index is 12.8. The molecule has 8 heteroatoms. The van der Waals surface area contributed by atoms with Crippen LogP contribution in [0.1, 0.15) is 49.7 Å². The molecule has 29 heavy (non-hydrogen) atoms. The van der Waals surface area contributed by atoms with Crippen LogP contribution in [0.2, 0.25) is 0 Å². The topological polar surface area (TPSA) is 84.9 Å². The molecular formula is C21H32N2O5S. The van der Waals surface area contributed by atoms with E-state index < -0.39 is 10.0 Å². The summed E-state index contributed by atoms with van der Waals surface area (Å²) in [6.07, 6.45) is 6.99. The first-order valence-corrected chi connectivity index (χ1v) is 12.0. The Labute approximate surface area is 173 Å². The van der Waals surface area contributed by atoms with Crippen molar-refractivity contribution in [2.45, 2.75) is 51.5 Å². The molecule has 0 unspecified atom stereocenters. The SMILES string of the molecule is COc1cc2c(cc1OC)CN(S(=O)(=O)CCNC(=O)CC1CCCCC1)CC2. The summed E-state index contributed by atoms with van der Waals surface area (Å²) in [6.45, 7) is 0.901. The molecule has 1 N–H and O–H groups in total. The van der Waals surface area contributed by atoms with E-state index in [1.807, 2.05) is 12.1 Å². The second-order valence-corrected chi connectivity index (χ2v) is 10.0. The van der Waals surface area contributed by atoms with Gasteiger partial charge in [-0.05, 0) is 48.4 Å². The summed E-state index contributed by atoms with van der Waals surface area (Å²) in [5.74, 6) is 1.59. The van der Waals surface area contributed by atoms with Gasteiger partial charge in [-0.15, -0.1) is 0 Å². The summed E-state index contributed by atoms with van der Waals surface area (Å²) < 4.78 is 37.7. The third-order valence-corrected chi connectivity index (χ3v) is 7.78. The largest absolute Gasteiger partial charge is 0.493 e. The van der Waals surface area contributed by atoms with Gasteiger partial charge in [0.05, 0.1) is 20.0 Å². The van der Waals surface area contributed by atoms with Gasteiger partial charge in [0.25, 0.3) is 0 Å². The van der Waals surface area contributed by atoms with Gasteiger partial charge in [0.15, 0.2) is 11.5 Å². The maximum Gasteiger partial charge on any atom is 0.220 e. The zero-order valence-corrected chi connectivity index (χ0v) is 18.2. The number of ether oxygens (including phenoxy) is 2. The average molecular weight is 425 g/mol. The van der Waals surface area contributed by atoms with Gasteiger partial charge >= 0.3 is 0 Å². The Morgan fingerprint density at radius 1 is 1.10 bits per heavy atom. The lowest BCUT2D eigenvalue weighted by Gasteiger charge is -2.29. The van der Waals surface area contributed by atoms with E-state index >= 15 is 0 Å². The predicted octanol–water partition coefficient (Wildman–Crippen LogP) is 2.48. The third-order valence-electron chi connectivity index (χ3n) is 5.96. The first-order valence-electron chi connectivity index (χ1n) is 10.4. The lowest BCUT2D eigenvalue weighted by atomic mass is 9.87. The molecule has 0 bridgehead atoms. The Morgan fingerprint density at radius 2 is 1.76 bits per heavy atom. The van der Waals surface area contributed by atoms with Gasteiger partial charge in [-0.25, -0.2) is 8.42 Å². The molecule has 3 rings (SSSR count). The van der Waals surface area contributed by atoms with Crippen molar-refractivity contribution in [3.05, 3.63) is 23.3 Å². The highest BCUT2D eigenvalue weighted by Crippen LogP contribution is 2.33. The molecule has 1 fully saturated rings. The summed E-state index contributed by atoms with van der Waals surface area (Å²) in [5, 5.41) is 2.80. The fraction of sp³-hybridized carbons (Fsp3) is 0.667. The Bertz CT molecular complexity index is 819. The van der Waals surface area contributed by atoms with Crippen LogP contribution in [-0.4, -0.2) is 51.7 Å². The summed E-state index contributed by atoms with van der Waals surface area (Å²) >= 11 is 0. The number of methoxy groups -OCH3 is 2. The maximum absolute atomic E-state index is 12.8. The molecule has 1 saturated carbocycles. The molecule has 2 aliphatic rings. The van der Waals surface area contributed by atoms with Gasteiger partial charge in [0.2, 0.25) is 15.9 Å². The van der Waals surface area contributed by atoms with Crippen molar-refractivity contribution in [3.8, 4) is 11.5 Å². The van der Waals surface area contributed by atoms with Crippen LogP contribution in [0.5, 0.6) is 11.5 Å². The van der Waals surface area contributed by atoms with E-state index in [2.05, 4.69) is 5.32 Å². The van der Waals surface area contributed by atoms with Crippen LogP contribution in [0.25, 0.3) is 0 Å². The number of sulfonamides is 1. The van der Waals surface area contributed by atoms with Crippen molar-refractivity contribution < 1.29 is 22.7 Å². The predicted molar refractivity (Wildman–Crippen MR) is 112 cm³/mol. The lowest BCUT2D eigenvalue weighted by Crippen LogP contribution is -2.40. The van der Waals surface area contributed by atoms with Crippen molar-refractivity contribution in [1.82, 2.24) is 9.62 Å². The molecule has 1 aromatic rings. The van der Waals surface area contributed by atoms with E-state index in [0.29, 0.717) is 43.3 Å². The normalized spacial score (nSPS) is 18.1. The zero-order chi connectivity index (χ0) is 20.9. The molecular weight excluding hydrogens is 392 g/mol. The minimum Gasteiger partial charge on any atom is -0.493 e. The van der Waals surface area contributed by atoms with E-state index in [1.165, 1.54) is 23.6 Å². The number of benzene rings is 1. The number of nitrogens with one attached hydrogen (secondary N) is 1. The smallest absolute Gasteiger partial charge is 0.220 e. The van der Waals surface area contributed by atoms with E-state index in [-0.39, 0.29) is 18.2 Å². The zero-order valence-electron chi connectivity index (χ0n) is 17.4. The Kier molecular flexibility index (Phi) is 7.40. The molecule has 1 aliphatic heterocycles. The van der Waals surface area contributed by atoms with Crippen LogP contribution >= 0.6 is 0 Å². The molecule has 0 atom stereocenters. The van der Waals surface area contributed by atoms with Crippen molar-refractivity contribution >= 4 is 15.9 Å². The fourth-order valence-electron chi connectivity index (χ4n) is 4.27. The van der Waals surface area contributed by atoms with Gasteiger partial charge < -0.3 is 14.8 Å². The first kappa shape index (κ1) is 21.9. The fourth-order valence-corrected chi connectivity index (χ4v) is 5.59. The molecule has 1 heterocycles. The standard InChI is InChI=1S/C21H32N2O5S/c1-27-19-13-17-8-10-23(15-18(17)14-20(19)28-2)29(25,26)11-9-22-21(24)12-16-6-4-3-5-7-16/h13-14,16H,3-12,15H2,1-2H3,(H,22,24). The Morgan fingerprint density at radius 3 is 2.41 bits per heavy atom. The van der Waals surface area contributed by atoms with E-state index in [1.54, 1.807) is 14.2 Å². The van der Waals surface area contributed by atoms with Crippen LogP contribution in [0.3, 0.4) is 0 Å². The number of rotatable bonds is 8. The number of hydrogen-bond acceptors (Lipinski definition) is 5. The van der Waals surface area contributed by atoms with Crippen LogP contribution in [-0.2, 0) is 27.8 Å². The number of nitrogens with zero attached hydrogens (tertiary/aromatic N) is 1. The minimum atomic E-state index is -3.44. The highest BCUT2D eigenvalue weighted by molar-refractivity contribution is 7.89. The highest BCUT2D eigenvalue weighted by Gasteiger charge is 2.28. The Balaban J connectivity index is 1.53. The summed E-state index contributed by atoms with van der Waals surface area (Å²) in [4.78, 5) is 12.1. The summed E-state index contributed by atoms with van der Waals surface area (Å²) in [7, 11) is -0.287. The monoisotopic (exact) mass is 424 g/mol. The van der Waals surface area contributed by atoms with Crippen LogP contribution in [0.4, 0.5) is 0 Å². The van der Waals surface area contributed by atoms with Crippen LogP contribution < -0.4 is 14.8 Å². The molecule has 1 aromatic carbocycles. The second-order valence-electron chi connectivity index (χ2n) is 7.93. The molecule has 0 saturated heterocycles. The number of carbonyl (C=O) groups excluding carboxylic acids is 1. The van der Waals surface area contributed by atoms with Gasteiger partial charge in [-0.3, -0.25) is 4.79 Å². The molecule has 0 spiro atoms. The van der Waals surface area contributed by atoms with Gasteiger partial charge in [0, 0.05) is 26.1 Å². The van der Waals surface area contributed by atoms with E-state index in [9.17, 15) is 13.2 Å². The molecule has 1 amide bonds. The highest BCUT2D eigenvalue weighted by atomic mass is 32.2. The molecule has 1 aliphatic carbocycles. The van der Waals surface area contributed by atoms with Crippen LogP contribution in [0.15, 0.2) is 12.1 Å². The van der Waals surface area contributed by atoms with Crippen molar-refractivity contribution in [2.75, 3.05) is 33.1 Å². The number of amides is 1. The van der Waals surface area contributed by atoms with Crippen LogP contribution in [0, 0.1) is 5.92 Å². The number of hydrogen-bond donors (Lipinski definition) is 1. The van der Waals surface area contributed by atoms with E-state index in [4.69, 9.17) is 9.47 Å². The molecule has 7 nitrogen and oxygen atoms in total. The van der Waals surface area contributed by atoms with Crippen molar-refractivity contribution in [2.24, 2.45) is 5.92 Å². The van der Waals surface area contributed by atoms with Gasteiger partial charge in [-0.2, -0.15) is 4.31 Å². The quantitative estimate of drug-likeness (QED) is 0.693. The average Bonchev–Trinajstić information content (AvgIpc) is 2.72. The summed E-state index contributed by atoms with van der Waals surface area (Å²) in [6, 6.07) is 3.77. The summed E-state index contributed by atoms with van der Waals surface area (Å²) in [5.41, 5.74) is 2.01. The van der Waals surface area contributed by atoms with Crippen molar-refractivity contribution in [1.29, 1.82) is 0 Å². The van der Waals surface area contributed by atoms with Gasteiger partial charge in [0.1, 0.15) is 0 Å². The van der Waals surface area contributed by atoms with Gasteiger partial charge in [-0.1, -0.05) is 19.3 Å². The minimum absolute atomic E-state index is 0.0343.